The second kappa shape index (κ2) is 10.8. The quantitative estimate of drug-likeness (QED) is 0.343. The number of benzene rings is 3. The molecule has 0 aliphatic heterocycles. The van der Waals surface area contributed by atoms with E-state index >= 15 is 0 Å². The van der Waals surface area contributed by atoms with Crippen molar-refractivity contribution in [3.63, 3.8) is 0 Å². The first-order valence-electron chi connectivity index (χ1n) is 9.94. The Morgan fingerprint density at radius 2 is 1.70 bits per heavy atom. The Bertz CT molecular complexity index is 1290. The molecule has 1 heterocycles. The lowest BCUT2D eigenvalue weighted by Gasteiger charge is -2.11. The van der Waals surface area contributed by atoms with Crippen LogP contribution in [0, 0.1) is 17.1 Å². The number of nitriles is 1. The monoisotopic (exact) mass is 475 g/mol. The number of thioether (sulfide) groups is 2. The molecule has 1 aromatic heterocycles. The molecule has 0 spiro atoms. The van der Waals surface area contributed by atoms with Gasteiger partial charge in [0.15, 0.2) is 11.0 Å². The molecule has 0 bridgehead atoms. The van der Waals surface area contributed by atoms with Gasteiger partial charge in [-0.1, -0.05) is 54.2 Å². The Morgan fingerprint density at radius 1 is 0.970 bits per heavy atom. The van der Waals surface area contributed by atoms with Crippen LogP contribution in [0.2, 0.25) is 0 Å². The van der Waals surface area contributed by atoms with Gasteiger partial charge in [-0.25, -0.2) is 4.39 Å². The molecule has 4 rings (SSSR count). The third-order valence-electron chi connectivity index (χ3n) is 4.54. The van der Waals surface area contributed by atoms with Crippen LogP contribution in [0.5, 0.6) is 0 Å². The van der Waals surface area contributed by atoms with Crippen LogP contribution in [0.1, 0.15) is 0 Å². The fraction of sp³-hybridized carbons (Fsp3) is 0.0833. The van der Waals surface area contributed by atoms with Gasteiger partial charge < -0.3 is 5.32 Å². The van der Waals surface area contributed by atoms with Crippen molar-refractivity contribution in [2.24, 2.45) is 0 Å². The molecule has 0 radical (unpaired) electrons. The van der Waals surface area contributed by atoms with Crippen LogP contribution in [0.25, 0.3) is 17.1 Å². The van der Waals surface area contributed by atoms with Gasteiger partial charge in [-0.2, -0.15) is 5.26 Å². The highest BCUT2D eigenvalue weighted by molar-refractivity contribution is 8.00. The van der Waals surface area contributed by atoms with Crippen molar-refractivity contribution in [1.29, 1.82) is 5.26 Å². The van der Waals surface area contributed by atoms with Gasteiger partial charge in [-0.05, 0) is 36.4 Å². The van der Waals surface area contributed by atoms with E-state index in [0.717, 1.165) is 10.5 Å². The number of hydrogen-bond donors (Lipinski definition) is 1. The molecule has 33 heavy (non-hydrogen) atoms. The van der Waals surface area contributed by atoms with Crippen LogP contribution in [0.3, 0.4) is 0 Å². The molecular weight excluding hydrogens is 457 g/mol. The number of carbonyl (C=O) groups excluding carboxylic acids is 1. The normalized spacial score (nSPS) is 10.5. The van der Waals surface area contributed by atoms with Crippen LogP contribution in [-0.4, -0.2) is 32.2 Å². The predicted octanol–water partition coefficient (Wildman–Crippen LogP) is 5.42. The molecule has 1 N–H and O–H groups in total. The van der Waals surface area contributed by atoms with Crippen LogP contribution in [-0.2, 0) is 4.79 Å². The molecule has 3 aromatic carbocycles. The van der Waals surface area contributed by atoms with Gasteiger partial charge in [0.05, 0.1) is 23.3 Å². The van der Waals surface area contributed by atoms with E-state index in [0.29, 0.717) is 28.1 Å². The maximum absolute atomic E-state index is 13.5. The Hall–Kier alpha value is -3.61. The lowest BCUT2D eigenvalue weighted by molar-refractivity contribution is -0.113. The number of halogens is 1. The number of para-hydroxylation sites is 1. The highest BCUT2D eigenvalue weighted by Gasteiger charge is 2.18. The van der Waals surface area contributed by atoms with Crippen molar-refractivity contribution in [2.45, 2.75) is 10.1 Å². The van der Waals surface area contributed by atoms with Crippen molar-refractivity contribution in [2.75, 3.05) is 16.8 Å². The highest BCUT2D eigenvalue weighted by Crippen LogP contribution is 2.29. The van der Waals surface area contributed by atoms with Crippen LogP contribution in [0.4, 0.5) is 10.1 Å². The Balaban J connectivity index is 1.55. The maximum atomic E-state index is 13.5. The molecule has 0 aliphatic carbocycles. The summed E-state index contributed by atoms with van der Waals surface area (Å²) < 4.78 is 15.3. The molecular formula is C24H18FN5OS2. The molecule has 0 aliphatic rings. The topological polar surface area (TPSA) is 83.6 Å². The summed E-state index contributed by atoms with van der Waals surface area (Å²) in [6.45, 7) is 0. The van der Waals surface area contributed by atoms with Crippen molar-refractivity contribution in [3.05, 3.63) is 84.7 Å². The Morgan fingerprint density at radius 3 is 2.45 bits per heavy atom. The summed E-state index contributed by atoms with van der Waals surface area (Å²) in [7, 11) is 0. The zero-order chi connectivity index (χ0) is 23.0. The van der Waals surface area contributed by atoms with Gasteiger partial charge in [0.1, 0.15) is 5.82 Å². The minimum absolute atomic E-state index is 0.103. The van der Waals surface area contributed by atoms with Crippen molar-refractivity contribution in [1.82, 2.24) is 14.8 Å². The van der Waals surface area contributed by atoms with Gasteiger partial charge in [-0.15, -0.1) is 22.0 Å². The average Bonchev–Trinajstić information content (AvgIpc) is 3.27. The minimum atomic E-state index is -0.338. The fourth-order valence-electron chi connectivity index (χ4n) is 3.08. The van der Waals surface area contributed by atoms with Crippen molar-refractivity contribution in [3.8, 4) is 23.1 Å². The van der Waals surface area contributed by atoms with Gasteiger partial charge in [0.2, 0.25) is 5.91 Å². The number of rotatable bonds is 8. The van der Waals surface area contributed by atoms with E-state index in [9.17, 15) is 9.18 Å². The average molecular weight is 476 g/mol. The third-order valence-corrected chi connectivity index (χ3v) is 6.41. The Labute approximate surface area is 198 Å². The number of hydrogen-bond acceptors (Lipinski definition) is 6. The number of amides is 1. The first kappa shape index (κ1) is 22.6. The lowest BCUT2D eigenvalue weighted by atomic mass is 10.2. The summed E-state index contributed by atoms with van der Waals surface area (Å²) in [5.74, 6) is 0.452. The molecule has 0 saturated heterocycles. The molecule has 6 nitrogen and oxygen atoms in total. The zero-order valence-corrected chi connectivity index (χ0v) is 18.9. The molecule has 4 aromatic rings. The summed E-state index contributed by atoms with van der Waals surface area (Å²) in [5, 5.41) is 20.9. The molecule has 0 saturated carbocycles. The fourth-order valence-corrected chi connectivity index (χ4v) is 4.50. The largest absolute Gasteiger partial charge is 0.324 e. The van der Waals surface area contributed by atoms with E-state index in [2.05, 4.69) is 21.6 Å². The van der Waals surface area contributed by atoms with Gasteiger partial charge >= 0.3 is 0 Å². The number of nitrogens with zero attached hydrogens (tertiary/aromatic N) is 4. The zero-order valence-electron chi connectivity index (χ0n) is 17.3. The van der Waals surface area contributed by atoms with E-state index in [4.69, 9.17) is 5.26 Å². The summed E-state index contributed by atoms with van der Waals surface area (Å²) in [5.41, 5.74) is 2.21. The lowest BCUT2D eigenvalue weighted by Crippen LogP contribution is -2.15. The molecule has 164 valence electrons. The SMILES string of the molecule is N#CCSc1ccccc1NC(=O)CSc1nnc(-c2ccccc2)n1-c1ccc(F)cc1. The number of anilines is 1. The number of aromatic nitrogens is 3. The smallest absolute Gasteiger partial charge is 0.234 e. The van der Waals surface area contributed by atoms with Gasteiger partial charge in [0, 0.05) is 16.1 Å². The Kier molecular flexibility index (Phi) is 7.40. The molecule has 0 fully saturated rings. The molecule has 0 atom stereocenters. The highest BCUT2D eigenvalue weighted by atomic mass is 32.2. The first-order chi connectivity index (χ1) is 16.2. The summed E-state index contributed by atoms with van der Waals surface area (Å²) >= 11 is 2.60. The summed E-state index contributed by atoms with van der Waals surface area (Å²) in [6, 6.07) is 25.1. The van der Waals surface area contributed by atoms with Gasteiger partial charge in [0.25, 0.3) is 0 Å². The van der Waals surface area contributed by atoms with Crippen LogP contribution >= 0.6 is 23.5 Å². The second-order valence-electron chi connectivity index (χ2n) is 6.76. The van der Waals surface area contributed by atoms with E-state index in [1.165, 1.54) is 35.7 Å². The maximum Gasteiger partial charge on any atom is 0.234 e. The third kappa shape index (κ3) is 5.61. The van der Waals surface area contributed by atoms with Crippen molar-refractivity contribution < 1.29 is 9.18 Å². The minimum Gasteiger partial charge on any atom is -0.324 e. The first-order valence-corrected chi connectivity index (χ1v) is 11.9. The predicted molar refractivity (Wildman–Crippen MR) is 129 cm³/mol. The summed E-state index contributed by atoms with van der Waals surface area (Å²) in [4.78, 5) is 13.5. The molecule has 1 amide bonds. The van der Waals surface area contributed by atoms with Gasteiger partial charge in [-0.3, -0.25) is 9.36 Å². The number of nitrogens with one attached hydrogen (secondary N) is 1. The number of carbonyl (C=O) groups is 1. The van der Waals surface area contributed by atoms with E-state index in [-0.39, 0.29) is 17.5 Å². The van der Waals surface area contributed by atoms with Crippen molar-refractivity contribution >= 4 is 35.1 Å². The van der Waals surface area contributed by atoms with Crippen LogP contribution in [0.15, 0.2) is 88.9 Å². The standard InChI is InChI=1S/C24H18FN5OS2/c25-18-10-12-19(13-11-18)30-23(17-6-2-1-3-7-17)28-29-24(30)33-16-22(31)27-20-8-4-5-9-21(20)32-15-14-26/h1-13H,15-16H2,(H,27,31). The van der Waals surface area contributed by atoms with Crippen LogP contribution < -0.4 is 5.32 Å². The van der Waals surface area contributed by atoms with E-state index < -0.39 is 0 Å². The molecule has 0 unspecified atom stereocenters. The van der Waals surface area contributed by atoms with E-state index in [1.54, 1.807) is 18.2 Å². The summed E-state index contributed by atoms with van der Waals surface area (Å²) in [6.07, 6.45) is 0. The second-order valence-corrected chi connectivity index (χ2v) is 8.72. The molecule has 9 heteroatoms. The van der Waals surface area contributed by atoms with E-state index in [1.807, 2.05) is 53.1 Å².